The standard InChI is InChI=1S/C19H25N3O2S/c1-5-14(3)25-16-8-9-17(13(2)11-16)22-19(23)21-12-15-7-6-10-20-18(15)24-4/h6-11,14H,5,12H2,1-4H3,(H2,21,22,23). The molecule has 1 heterocycles. The number of pyridine rings is 1. The number of ether oxygens (including phenoxy) is 1. The highest BCUT2D eigenvalue weighted by molar-refractivity contribution is 7.99. The van der Waals surface area contributed by atoms with Crippen molar-refractivity contribution in [2.75, 3.05) is 12.4 Å². The molecule has 2 N–H and O–H groups in total. The number of carbonyl (C=O) groups excluding carboxylic acids is 1. The molecule has 0 bridgehead atoms. The second-order valence-corrected chi connectivity index (χ2v) is 7.30. The number of amides is 2. The average molecular weight is 359 g/mol. The number of urea groups is 1. The van der Waals surface area contributed by atoms with Crippen LogP contribution >= 0.6 is 11.8 Å². The monoisotopic (exact) mass is 359 g/mol. The Balaban J connectivity index is 1.94. The van der Waals surface area contributed by atoms with Crippen LogP contribution in [-0.4, -0.2) is 23.4 Å². The lowest BCUT2D eigenvalue weighted by molar-refractivity contribution is 0.251. The molecule has 0 radical (unpaired) electrons. The normalized spacial score (nSPS) is 11.7. The second kappa shape index (κ2) is 9.32. The van der Waals surface area contributed by atoms with E-state index >= 15 is 0 Å². The highest BCUT2D eigenvalue weighted by Crippen LogP contribution is 2.28. The minimum atomic E-state index is -0.253. The molecule has 0 saturated heterocycles. The fraction of sp³-hybridized carbons (Fsp3) is 0.368. The van der Waals surface area contributed by atoms with Crippen molar-refractivity contribution in [3.8, 4) is 5.88 Å². The van der Waals surface area contributed by atoms with Crippen LogP contribution in [0.15, 0.2) is 41.4 Å². The minimum Gasteiger partial charge on any atom is -0.481 e. The molecule has 0 aliphatic rings. The highest BCUT2D eigenvalue weighted by atomic mass is 32.2. The van der Waals surface area contributed by atoms with Crippen molar-refractivity contribution < 1.29 is 9.53 Å². The maximum atomic E-state index is 12.2. The molecular formula is C19H25N3O2S. The van der Waals surface area contributed by atoms with Crippen LogP contribution in [0.5, 0.6) is 5.88 Å². The molecule has 2 aromatic rings. The van der Waals surface area contributed by atoms with E-state index in [1.54, 1.807) is 13.3 Å². The van der Waals surface area contributed by atoms with E-state index in [-0.39, 0.29) is 6.03 Å². The first-order valence-electron chi connectivity index (χ1n) is 8.33. The fourth-order valence-corrected chi connectivity index (χ4v) is 3.27. The van der Waals surface area contributed by atoms with E-state index in [1.165, 1.54) is 4.90 Å². The molecule has 2 rings (SSSR count). The number of hydrogen-bond donors (Lipinski definition) is 2. The summed E-state index contributed by atoms with van der Waals surface area (Å²) in [7, 11) is 1.56. The van der Waals surface area contributed by atoms with Gasteiger partial charge in [0.2, 0.25) is 5.88 Å². The second-order valence-electron chi connectivity index (χ2n) is 5.79. The number of nitrogens with zero attached hydrogens (tertiary/aromatic N) is 1. The predicted octanol–water partition coefficient (Wildman–Crippen LogP) is 4.61. The number of nitrogens with one attached hydrogen (secondary N) is 2. The zero-order valence-electron chi connectivity index (χ0n) is 15.1. The first-order chi connectivity index (χ1) is 12.0. The minimum absolute atomic E-state index is 0.253. The number of carbonyl (C=O) groups is 1. The van der Waals surface area contributed by atoms with E-state index < -0.39 is 0 Å². The van der Waals surface area contributed by atoms with E-state index in [0.717, 1.165) is 23.2 Å². The van der Waals surface area contributed by atoms with Crippen LogP contribution in [-0.2, 0) is 6.54 Å². The Morgan fingerprint density at radius 2 is 2.16 bits per heavy atom. The van der Waals surface area contributed by atoms with Gasteiger partial charge < -0.3 is 15.4 Å². The topological polar surface area (TPSA) is 63.2 Å². The molecule has 25 heavy (non-hydrogen) atoms. The van der Waals surface area contributed by atoms with Gasteiger partial charge in [-0.15, -0.1) is 11.8 Å². The van der Waals surface area contributed by atoms with Gasteiger partial charge in [-0.25, -0.2) is 9.78 Å². The summed E-state index contributed by atoms with van der Waals surface area (Å²) in [4.78, 5) is 17.5. The molecule has 2 amide bonds. The Bertz CT molecular complexity index is 722. The Hall–Kier alpha value is -2.21. The van der Waals surface area contributed by atoms with Gasteiger partial charge in [0.15, 0.2) is 0 Å². The molecule has 1 unspecified atom stereocenters. The van der Waals surface area contributed by atoms with Gasteiger partial charge in [-0.2, -0.15) is 0 Å². The lowest BCUT2D eigenvalue weighted by Gasteiger charge is -2.13. The van der Waals surface area contributed by atoms with E-state index in [1.807, 2.05) is 43.0 Å². The van der Waals surface area contributed by atoms with Crippen molar-refractivity contribution in [3.05, 3.63) is 47.7 Å². The van der Waals surface area contributed by atoms with Gasteiger partial charge >= 0.3 is 6.03 Å². The molecule has 1 aromatic carbocycles. The molecule has 0 aliphatic heterocycles. The number of anilines is 1. The average Bonchev–Trinajstić information content (AvgIpc) is 2.62. The number of rotatable bonds is 7. The van der Waals surface area contributed by atoms with Crippen LogP contribution in [0.2, 0.25) is 0 Å². The van der Waals surface area contributed by atoms with Gasteiger partial charge in [0.25, 0.3) is 0 Å². The van der Waals surface area contributed by atoms with Crippen LogP contribution in [0.3, 0.4) is 0 Å². The zero-order valence-corrected chi connectivity index (χ0v) is 15.9. The largest absolute Gasteiger partial charge is 0.481 e. The summed E-state index contributed by atoms with van der Waals surface area (Å²) in [6.07, 6.45) is 2.79. The van der Waals surface area contributed by atoms with Crippen LogP contribution in [0.4, 0.5) is 10.5 Å². The van der Waals surface area contributed by atoms with Crippen LogP contribution in [0.25, 0.3) is 0 Å². The Morgan fingerprint density at radius 1 is 1.36 bits per heavy atom. The maximum Gasteiger partial charge on any atom is 0.319 e. The summed E-state index contributed by atoms with van der Waals surface area (Å²) in [5, 5.41) is 6.30. The molecular weight excluding hydrogens is 334 g/mol. The third-order valence-corrected chi connectivity index (χ3v) is 5.10. The quantitative estimate of drug-likeness (QED) is 0.709. The van der Waals surface area contributed by atoms with Gasteiger partial charge in [-0.1, -0.05) is 19.9 Å². The number of aromatic nitrogens is 1. The Morgan fingerprint density at radius 3 is 2.84 bits per heavy atom. The number of methoxy groups -OCH3 is 1. The fourth-order valence-electron chi connectivity index (χ4n) is 2.25. The number of hydrogen-bond acceptors (Lipinski definition) is 4. The highest BCUT2D eigenvalue weighted by Gasteiger charge is 2.09. The number of thioether (sulfide) groups is 1. The lowest BCUT2D eigenvalue weighted by Crippen LogP contribution is -2.28. The zero-order chi connectivity index (χ0) is 18.2. The van der Waals surface area contributed by atoms with Crippen LogP contribution < -0.4 is 15.4 Å². The molecule has 0 aliphatic carbocycles. The van der Waals surface area contributed by atoms with Crippen molar-refractivity contribution in [2.24, 2.45) is 0 Å². The molecule has 1 atom stereocenters. The Labute approximate surface area is 153 Å². The summed E-state index contributed by atoms with van der Waals surface area (Å²) >= 11 is 1.85. The van der Waals surface area contributed by atoms with Gasteiger partial charge in [-0.3, -0.25) is 0 Å². The summed E-state index contributed by atoms with van der Waals surface area (Å²) < 4.78 is 5.18. The van der Waals surface area contributed by atoms with Crippen LogP contribution in [0, 0.1) is 6.92 Å². The van der Waals surface area contributed by atoms with Crippen molar-refractivity contribution in [2.45, 2.75) is 43.9 Å². The summed E-state index contributed by atoms with van der Waals surface area (Å²) in [5.74, 6) is 0.519. The first-order valence-corrected chi connectivity index (χ1v) is 9.21. The third-order valence-electron chi connectivity index (χ3n) is 3.84. The number of benzene rings is 1. The molecule has 0 saturated carbocycles. The smallest absolute Gasteiger partial charge is 0.319 e. The summed E-state index contributed by atoms with van der Waals surface area (Å²) in [6.45, 7) is 6.75. The van der Waals surface area contributed by atoms with Gasteiger partial charge in [-0.05, 0) is 43.2 Å². The van der Waals surface area contributed by atoms with Crippen molar-refractivity contribution in [1.29, 1.82) is 0 Å². The number of aryl methyl sites for hydroxylation is 1. The van der Waals surface area contributed by atoms with Gasteiger partial charge in [0.05, 0.1) is 7.11 Å². The SMILES string of the molecule is CCC(C)Sc1ccc(NC(=O)NCc2cccnc2OC)c(C)c1. The maximum absolute atomic E-state index is 12.2. The molecule has 134 valence electrons. The summed E-state index contributed by atoms with van der Waals surface area (Å²) in [5.41, 5.74) is 2.68. The van der Waals surface area contributed by atoms with E-state index in [2.05, 4.69) is 35.5 Å². The van der Waals surface area contributed by atoms with Gasteiger partial charge in [0, 0.05) is 34.1 Å². The molecule has 0 fully saturated rings. The van der Waals surface area contributed by atoms with Crippen molar-refractivity contribution in [1.82, 2.24) is 10.3 Å². The molecule has 1 aromatic heterocycles. The van der Waals surface area contributed by atoms with Gasteiger partial charge in [0.1, 0.15) is 0 Å². The first kappa shape index (κ1) is 19.1. The third kappa shape index (κ3) is 5.67. The molecule has 5 nitrogen and oxygen atoms in total. The predicted molar refractivity (Wildman–Crippen MR) is 103 cm³/mol. The van der Waals surface area contributed by atoms with Crippen LogP contribution in [0.1, 0.15) is 31.4 Å². The Kier molecular flexibility index (Phi) is 7.13. The molecule has 0 spiro atoms. The summed E-state index contributed by atoms with van der Waals surface area (Å²) in [6, 6.07) is 9.54. The lowest BCUT2D eigenvalue weighted by atomic mass is 10.2. The van der Waals surface area contributed by atoms with E-state index in [0.29, 0.717) is 17.7 Å². The van der Waals surface area contributed by atoms with Crippen molar-refractivity contribution in [3.63, 3.8) is 0 Å². The van der Waals surface area contributed by atoms with Crippen molar-refractivity contribution >= 4 is 23.5 Å². The van der Waals surface area contributed by atoms with E-state index in [4.69, 9.17) is 4.74 Å². The van der Waals surface area contributed by atoms with E-state index in [9.17, 15) is 4.79 Å². The molecule has 6 heteroatoms.